The van der Waals surface area contributed by atoms with E-state index in [1.165, 1.54) is 22.8 Å². The molecule has 6 nitrogen and oxygen atoms in total. The number of anilines is 2. The van der Waals surface area contributed by atoms with Crippen LogP contribution in [-0.2, 0) is 7.05 Å². The number of aromatic nitrogens is 1. The molecule has 7 heteroatoms. The molecule has 0 atom stereocenters. The van der Waals surface area contributed by atoms with Gasteiger partial charge < -0.3 is 20.3 Å². The summed E-state index contributed by atoms with van der Waals surface area (Å²) in [7, 11) is 1.59. The average molecular weight is 338 g/mol. The van der Waals surface area contributed by atoms with Crippen LogP contribution in [0.15, 0.2) is 45.8 Å². The van der Waals surface area contributed by atoms with Crippen molar-refractivity contribution in [3.05, 3.63) is 51.4 Å². The maximum Gasteiger partial charge on any atom is 0.323 e. The smallest absolute Gasteiger partial charge is 0.323 e. The van der Waals surface area contributed by atoms with Gasteiger partial charge in [0.25, 0.3) is 5.56 Å². The lowest BCUT2D eigenvalue weighted by molar-refractivity contribution is 0.262. The molecule has 0 unspecified atom stereocenters. The van der Waals surface area contributed by atoms with Crippen LogP contribution in [0, 0.1) is 0 Å². The fourth-order valence-electron chi connectivity index (χ4n) is 1.59. The van der Waals surface area contributed by atoms with Gasteiger partial charge in [-0.05, 0) is 46.3 Å². The lowest BCUT2D eigenvalue weighted by atomic mass is 10.3. The van der Waals surface area contributed by atoms with Gasteiger partial charge in [0.15, 0.2) is 0 Å². The second-order valence-electron chi connectivity index (χ2n) is 4.11. The summed E-state index contributed by atoms with van der Waals surface area (Å²) in [4.78, 5) is 23.6. The van der Waals surface area contributed by atoms with E-state index in [2.05, 4.69) is 26.6 Å². The standard InChI is InChI=1S/C13H12BrN3O3/c1-17-7-8(14)6-11(12(17)19)16-13(20)15-9-2-4-10(18)5-3-9/h2-7,18H,1H3,(H2,15,16,20). The number of hydrogen-bond donors (Lipinski definition) is 3. The minimum absolute atomic E-state index is 0.108. The largest absolute Gasteiger partial charge is 0.508 e. The fourth-order valence-corrected chi connectivity index (χ4v) is 2.13. The molecule has 0 saturated carbocycles. The second-order valence-corrected chi connectivity index (χ2v) is 5.03. The molecule has 1 heterocycles. The number of benzene rings is 1. The van der Waals surface area contributed by atoms with Crippen LogP contribution in [-0.4, -0.2) is 15.7 Å². The number of pyridine rings is 1. The van der Waals surface area contributed by atoms with Crippen molar-refractivity contribution in [2.45, 2.75) is 0 Å². The lowest BCUT2D eigenvalue weighted by Gasteiger charge is -2.09. The van der Waals surface area contributed by atoms with Crippen LogP contribution < -0.4 is 16.2 Å². The number of phenolic OH excluding ortho intramolecular Hbond substituents is 1. The van der Waals surface area contributed by atoms with E-state index in [1.54, 1.807) is 25.4 Å². The van der Waals surface area contributed by atoms with Gasteiger partial charge >= 0.3 is 6.03 Å². The molecule has 2 aromatic rings. The first-order valence-electron chi connectivity index (χ1n) is 5.69. The monoisotopic (exact) mass is 337 g/mol. The highest BCUT2D eigenvalue weighted by atomic mass is 79.9. The molecule has 0 fully saturated rings. The van der Waals surface area contributed by atoms with Crippen LogP contribution in [0.25, 0.3) is 0 Å². The van der Waals surface area contributed by atoms with Gasteiger partial charge in [-0.3, -0.25) is 4.79 Å². The number of halogens is 1. The summed E-state index contributed by atoms with van der Waals surface area (Å²) in [5.74, 6) is 0.108. The van der Waals surface area contributed by atoms with E-state index < -0.39 is 6.03 Å². The topological polar surface area (TPSA) is 83.4 Å². The molecule has 3 N–H and O–H groups in total. The van der Waals surface area contributed by atoms with Gasteiger partial charge in [0.05, 0.1) is 0 Å². The molecule has 20 heavy (non-hydrogen) atoms. The molecule has 1 aromatic carbocycles. The van der Waals surface area contributed by atoms with Gasteiger partial charge in [-0.25, -0.2) is 4.79 Å². The lowest BCUT2D eigenvalue weighted by Crippen LogP contribution is -2.26. The number of urea groups is 1. The highest BCUT2D eigenvalue weighted by molar-refractivity contribution is 9.10. The SMILES string of the molecule is Cn1cc(Br)cc(NC(=O)Nc2ccc(O)cc2)c1=O. The van der Waals surface area contributed by atoms with Crippen LogP contribution in [0.5, 0.6) is 5.75 Å². The number of carbonyl (C=O) groups is 1. The van der Waals surface area contributed by atoms with Gasteiger partial charge in [0.2, 0.25) is 0 Å². The van der Waals surface area contributed by atoms with E-state index in [-0.39, 0.29) is 17.0 Å². The minimum atomic E-state index is -0.536. The van der Waals surface area contributed by atoms with Gasteiger partial charge in [-0.2, -0.15) is 0 Å². The van der Waals surface area contributed by atoms with Crippen molar-refractivity contribution in [2.24, 2.45) is 7.05 Å². The Bertz CT molecular complexity index is 695. The molecule has 0 saturated heterocycles. The van der Waals surface area contributed by atoms with E-state index in [0.29, 0.717) is 10.2 Å². The highest BCUT2D eigenvalue weighted by Crippen LogP contribution is 2.15. The number of amides is 2. The van der Waals surface area contributed by atoms with Gasteiger partial charge in [-0.1, -0.05) is 0 Å². The second kappa shape index (κ2) is 5.79. The first kappa shape index (κ1) is 14.1. The van der Waals surface area contributed by atoms with Crippen molar-refractivity contribution in [3.8, 4) is 5.75 Å². The molecule has 1 aromatic heterocycles. The maximum absolute atomic E-state index is 11.8. The third kappa shape index (κ3) is 3.39. The van der Waals surface area contributed by atoms with Crippen molar-refractivity contribution < 1.29 is 9.90 Å². The summed E-state index contributed by atoms with van der Waals surface area (Å²) in [5, 5.41) is 14.2. The maximum atomic E-state index is 11.8. The Labute approximate surface area is 123 Å². The van der Waals surface area contributed by atoms with Gasteiger partial charge in [-0.15, -0.1) is 0 Å². The van der Waals surface area contributed by atoms with Crippen molar-refractivity contribution in [2.75, 3.05) is 10.6 Å². The zero-order valence-electron chi connectivity index (χ0n) is 10.6. The summed E-state index contributed by atoms with van der Waals surface area (Å²) in [6.07, 6.45) is 1.60. The molecule has 0 radical (unpaired) electrons. The molecule has 0 bridgehead atoms. The Morgan fingerprint density at radius 3 is 2.55 bits per heavy atom. The van der Waals surface area contributed by atoms with E-state index in [1.807, 2.05) is 0 Å². The Kier molecular flexibility index (Phi) is 4.09. The Morgan fingerprint density at radius 1 is 1.25 bits per heavy atom. The molecule has 0 aliphatic rings. The number of rotatable bonds is 2. The summed E-state index contributed by atoms with van der Waals surface area (Å²) in [6.45, 7) is 0. The fraction of sp³-hybridized carbons (Fsp3) is 0.0769. The van der Waals surface area contributed by atoms with Crippen molar-refractivity contribution >= 4 is 33.3 Å². The van der Waals surface area contributed by atoms with Gasteiger partial charge in [0.1, 0.15) is 11.4 Å². The van der Waals surface area contributed by atoms with E-state index >= 15 is 0 Å². The van der Waals surface area contributed by atoms with E-state index in [4.69, 9.17) is 5.11 Å². The molecular weight excluding hydrogens is 326 g/mol. The Balaban J connectivity index is 2.12. The highest BCUT2D eigenvalue weighted by Gasteiger charge is 2.08. The number of hydrogen-bond acceptors (Lipinski definition) is 3. The molecule has 0 aliphatic heterocycles. The summed E-state index contributed by atoms with van der Waals surface area (Å²) in [6, 6.07) is 6.99. The van der Waals surface area contributed by atoms with Crippen LogP contribution >= 0.6 is 15.9 Å². The predicted octanol–water partition coefficient (Wildman–Crippen LogP) is 2.50. The number of nitrogens with zero attached hydrogens (tertiary/aromatic N) is 1. The molecule has 104 valence electrons. The molecule has 0 aliphatic carbocycles. The van der Waals surface area contributed by atoms with Crippen LogP contribution in [0.4, 0.5) is 16.2 Å². The van der Waals surface area contributed by atoms with Crippen molar-refractivity contribution in [3.63, 3.8) is 0 Å². The molecular formula is C13H12BrN3O3. The predicted molar refractivity (Wildman–Crippen MR) is 80.1 cm³/mol. The summed E-state index contributed by atoms with van der Waals surface area (Å²) in [5.41, 5.74) is 0.360. The van der Waals surface area contributed by atoms with Crippen LogP contribution in [0.3, 0.4) is 0 Å². The zero-order valence-corrected chi connectivity index (χ0v) is 12.1. The molecule has 2 rings (SSSR count). The van der Waals surface area contributed by atoms with Crippen LogP contribution in [0.1, 0.15) is 0 Å². The minimum Gasteiger partial charge on any atom is -0.508 e. The number of aromatic hydroxyl groups is 1. The van der Waals surface area contributed by atoms with Crippen molar-refractivity contribution in [1.82, 2.24) is 4.57 Å². The van der Waals surface area contributed by atoms with E-state index in [0.717, 1.165) is 0 Å². The average Bonchev–Trinajstić information content (AvgIpc) is 2.38. The quantitative estimate of drug-likeness (QED) is 0.736. The molecule has 0 spiro atoms. The molecule has 2 amide bonds. The third-order valence-corrected chi connectivity index (χ3v) is 2.96. The zero-order chi connectivity index (χ0) is 14.7. The summed E-state index contributed by atoms with van der Waals surface area (Å²) < 4.78 is 2.04. The number of carbonyl (C=O) groups excluding carboxylic acids is 1. The Hall–Kier alpha value is -2.28. The number of phenols is 1. The van der Waals surface area contributed by atoms with Gasteiger partial charge in [0, 0.05) is 23.4 Å². The van der Waals surface area contributed by atoms with Crippen molar-refractivity contribution in [1.29, 1.82) is 0 Å². The number of aryl methyl sites for hydroxylation is 1. The third-order valence-electron chi connectivity index (χ3n) is 2.52. The normalized spacial score (nSPS) is 10.1. The first-order valence-corrected chi connectivity index (χ1v) is 6.48. The van der Waals surface area contributed by atoms with E-state index in [9.17, 15) is 9.59 Å². The number of nitrogens with one attached hydrogen (secondary N) is 2. The van der Waals surface area contributed by atoms with Crippen LogP contribution in [0.2, 0.25) is 0 Å². The summed E-state index contributed by atoms with van der Waals surface area (Å²) >= 11 is 3.25. The first-order chi connectivity index (χ1) is 9.45. The Morgan fingerprint density at radius 2 is 1.90 bits per heavy atom.